The van der Waals surface area contributed by atoms with E-state index in [2.05, 4.69) is 31.2 Å². The highest BCUT2D eigenvalue weighted by Crippen LogP contribution is 2.47. The molecular formula is C39H50O6. The van der Waals surface area contributed by atoms with Crippen LogP contribution in [0, 0.1) is 13.8 Å². The van der Waals surface area contributed by atoms with Crippen LogP contribution in [0.3, 0.4) is 0 Å². The zero-order valence-electron chi connectivity index (χ0n) is 28.1. The quantitative estimate of drug-likeness (QED) is 0.162. The van der Waals surface area contributed by atoms with Crippen LogP contribution in [0.5, 0.6) is 11.5 Å². The molecule has 6 heteroatoms. The molecule has 1 atom stereocenters. The second kappa shape index (κ2) is 14.2. The van der Waals surface area contributed by atoms with Crippen LogP contribution in [0.15, 0.2) is 60.7 Å². The summed E-state index contributed by atoms with van der Waals surface area (Å²) in [6, 6.07) is 19.0. The predicted molar refractivity (Wildman–Crippen MR) is 178 cm³/mol. The highest BCUT2D eigenvalue weighted by atomic mass is 16.6. The van der Waals surface area contributed by atoms with Gasteiger partial charge in [0.1, 0.15) is 22.7 Å². The molecule has 1 aliphatic rings. The molecule has 6 nitrogen and oxygen atoms in total. The Hall–Kier alpha value is -3.64. The second-order valence-corrected chi connectivity index (χ2v) is 13.2. The van der Waals surface area contributed by atoms with E-state index in [4.69, 9.17) is 14.2 Å². The van der Waals surface area contributed by atoms with Crippen molar-refractivity contribution in [1.29, 1.82) is 0 Å². The molecule has 1 N–H and O–H groups in total. The van der Waals surface area contributed by atoms with E-state index in [1.165, 1.54) is 17.5 Å². The van der Waals surface area contributed by atoms with Crippen molar-refractivity contribution in [2.75, 3.05) is 6.61 Å². The van der Waals surface area contributed by atoms with E-state index in [-0.39, 0.29) is 12.0 Å². The van der Waals surface area contributed by atoms with E-state index in [1.807, 2.05) is 53.7 Å². The van der Waals surface area contributed by atoms with Gasteiger partial charge in [-0.2, -0.15) is 0 Å². The molecule has 0 aliphatic heterocycles. The van der Waals surface area contributed by atoms with Crippen LogP contribution in [0.1, 0.15) is 129 Å². The highest BCUT2D eigenvalue weighted by molar-refractivity contribution is 5.94. The van der Waals surface area contributed by atoms with Crippen molar-refractivity contribution < 1.29 is 28.9 Å². The first-order valence-corrected chi connectivity index (χ1v) is 16.5. The fourth-order valence-electron chi connectivity index (χ4n) is 6.08. The second-order valence-electron chi connectivity index (χ2n) is 13.2. The van der Waals surface area contributed by atoms with Crippen molar-refractivity contribution in [2.24, 2.45) is 0 Å². The summed E-state index contributed by atoms with van der Waals surface area (Å²) in [4.78, 5) is 25.7. The smallest absolute Gasteiger partial charge is 0.343 e. The number of hydrogen-bond acceptors (Lipinski definition) is 6. The molecule has 3 aromatic carbocycles. The first kappa shape index (κ1) is 34.2. The Morgan fingerprint density at radius 2 is 1.20 bits per heavy atom. The van der Waals surface area contributed by atoms with Gasteiger partial charge in [0.2, 0.25) is 0 Å². The number of aliphatic hydroxyl groups is 1. The van der Waals surface area contributed by atoms with Gasteiger partial charge in [-0.05, 0) is 118 Å². The topological polar surface area (TPSA) is 82.1 Å². The van der Waals surface area contributed by atoms with Gasteiger partial charge in [0.25, 0.3) is 0 Å². The molecule has 1 unspecified atom stereocenters. The number of rotatable bonds is 12. The summed E-state index contributed by atoms with van der Waals surface area (Å²) in [5.74, 6) is 0.443. The number of aliphatic hydroxyl groups excluding tert-OH is 1. The third kappa shape index (κ3) is 7.61. The van der Waals surface area contributed by atoms with Crippen LogP contribution in [-0.2, 0) is 10.2 Å². The number of esters is 2. The van der Waals surface area contributed by atoms with Crippen LogP contribution in [0.25, 0.3) is 0 Å². The van der Waals surface area contributed by atoms with Crippen LogP contribution in [0.2, 0.25) is 0 Å². The molecule has 1 aliphatic carbocycles. The Morgan fingerprint density at radius 1 is 0.711 bits per heavy atom. The van der Waals surface area contributed by atoms with E-state index >= 15 is 0 Å². The fourth-order valence-corrected chi connectivity index (χ4v) is 6.08. The SMILES string of the molecule is CCC(C)(CC)OC(=O)c1ccc(C(=O)Oc2ccc(C3(c4ccc(OC(C)(CC)CO)c(C)c4)CCCCC3)cc2C)cc1. The minimum atomic E-state index is -0.613. The lowest BCUT2D eigenvalue weighted by Gasteiger charge is -2.39. The largest absolute Gasteiger partial charge is 0.485 e. The maximum absolute atomic E-state index is 13.1. The Balaban J connectivity index is 1.54. The van der Waals surface area contributed by atoms with Gasteiger partial charge in [-0.15, -0.1) is 0 Å². The number of carbonyl (C=O) groups is 2. The molecule has 45 heavy (non-hydrogen) atoms. The number of hydrogen-bond donors (Lipinski definition) is 1. The standard InChI is InChI=1S/C39H50O6/c1-8-37(6,9-2)45-36(42)30-16-14-29(15-17-30)35(41)43-33-20-18-31(24-27(33)4)39(22-12-11-13-23-39)32-19-21-34(28(5)25-32)44-38(7,10-3)26-40/h14-21,24-25,40H,8-13,22-23,26H2,1-7H3. The number of benzene rings is 3. The molecule has 3 aromatic rings. The third-order valence-electron chi connectivity index (χ3n) is 9.99. The van der Waals surface area contributed by atoms with Crippen molar-refractivity contribution in [3.05, 3.63) is 94.0 Å². The first-order valence-electron chi connectivity index (χ1n) is 16.5. The molecule has 0 amide bonds. The highest BCUT2D eigenvalue weighted by Gasteiger charge is 2.37. The summed E-state index contributed by atoms with van der Waals surface area (Å²) in [7, 11) is 0. The van der Waals surface area contributed by atoms with E-state index in [1.54, 1.807) is 24.3 Å². The Morgan fingerprint density at radius 3 is 1.67 bits per heavy atom. The summed E-state index contributed by atoms with van der Waals surface area (Å²) in [6.07, 6.45) is 7.75. The Bertz CT molecular complexity index is 1470. The van der Waals surface area contributed by atoms with Crippen molar-refractivity contribution in [1.82, 2.24) is 0 Å². The summed E-state index contributed by atoms with van der Waals surface area (Å²) in [5, 5.41) is 9.86. The molecule has 0 spiro atoms. The van der Waals surface area contributed by atoms with E-state index in [9.17, 15) is 14.7 Å². The number of aryl methyl sites for hydroxylation is 2. The van der Waals surface area contributed by atoms with Gasteiger partial charge in [-0.25, -0.2) is 9.59 Å². The average Bonchev–Trinajstić information content (AvgIpc) is 3.06. The number of carbonyl (C=O) groups excluding carboxylic acids is 2. The van der Waals surface area contributed by atoms with Gasteiger partial charge in [-0.1, -0.05) is 64.3 Å². The molecule has 242 valence electrons. The number of ether oxygens (including phenoxy) is 3. The minimum Gasteiger partial charge on any atom is -0.485 e. The molecule has 0 saturated heterocycles. The summed E-state index contributed by atoms with van der Waals surface area (Å²) >= 11 is 0. The molecule has 1 saturated carbocycles. The summed E-state index contributed by atoms with van der Waals surface area (Å²) in [5.41, 5.74) is 3.92. The third-order valence-corrected chi connectivity index (χ3v) is 9.99. The molecule has 0 radical (unpaired) electrons. The fraction of sp³-hybridized carbons (Fsp3) is 0.487. The normalized spacial score (nSPS) is 16.0. The average molecular weight is 615 g/mol. The first-order chi connectivity index (χ1) is 21.4. The van der Waals surface area contributed by atoms with Crippen molar-refractivity contribution in [2.45, 2.75) is 116 Å². The van der Waals surface area contributed by atoms with Gasteiger partial charge in [0.15, 0.2) is 0 Å². The molecule has 4 rings (SSSR count). The van der Waals surface area contributed by atoms with Crippen molar-refractivity contribution >= 4 is 11.9 Å². The van der Waals surface area contributed by atoms with Crippen LogP contribution in [0.4, 0.5) is 0 Å². The lowest BCUT2D eigenvalue weighted by molar-refractivity contribution is -0.0131. The van der Waals surface area contributed by atoms with Crippen LogP contribution >= 0.6 is 0 Å². The maximum atomic E-state index is 13.1. The Kier molecular flexibility index (Phi) is 10.8. The van der Waals surface area contributed by atoms with E-state index in [0.717, 1.165) is 55.4 Å². The zero-order chi connectivity index (χ0) is 32.8. The van der Waals surface area contributed by atoms with E-state index < -0.39 is 23.1 Å². The van der Waals surface area contributed by atoms with Gasteiger partial charge in [0, 0.05) is 5.41 Å². The van der Waals surface area contributed by atoms with E-state index in [0.29, 0.717) is 23.3 Å². The van der Waals surface area contributed by atoms with Gasteiger partial charge in [0.05, 0.1) is 17.7 Å². The van der Waals surface area contributed by atoms with Crippen LogP contribution in [-0.4, -0.2) is 34.9 Å². The lowest BCUT2D eigenvalue weighted by atomic mass is 9.65. The van der Waals surface area contributed by atoms with Crippen LogP contribution < -0.4 is 9.47 Å². The molecule has 0 heterocycles. The van der Waals surface area contributed by atoms with Gasteiger partial charge < -0.3 is 19.3 Å². The molecular weight excluding hydrogens is 564 g/mol. The Labute approximate surface area is 269 Å². The molecule has 0 aromatic heterocycles. The summed E-state index contributed by atoms with van der Waals surface area (Å²) < 4.78 is 17.8. The maximum Gasteiger partial charge on any atom is 0.343 e. The minimum absolute atomic E-state index is 0.0393. The zero-order valence-corrected chi connectivity index (χ0v) is 28.1. The van der Waals surface area contributed by atoms with Gasteiger partial charge in [-0.3, -0.25) is 0 Å². The molecule has 1 fully saturated rings. The predicted octanol–water partition coefficient (Wildman–Crippen LogP) is 9.05. The summed E-state index contributed by atoms with van der Waals surface area (Å²) in [6.45, 7) is 13.9. The van der Waals surface area contributed by atoms with Gasteiger partial charge >= 0.3 is 11.9 Å². The lowest BCUT2D eigenvalue weighted by Crippen LogP contribution is -2.36. The molecule has 0 bridgehead atoms. The van der Waals surface area contributed by atoms with Crippen molar-refractivity contribution in [3.8, 4) is 11.5 Å². The monoisotopic (exact) mass is 614 g/mol. The van der Waals surface area contributed by atoms with Crippen molar-refractivity contribution in [3.63, 3.8) is 0 Å².